The first-order valence-corrected chi connectivity index (χ1v) is 31.2. The second kappa shape index (κ2) is 20.9. The van der Waals surface area contributed by atoms with Gasteiger partial charge in [0.25, 0.3) is 5.92 Å². The second-order valence-electron chi connectivity index (χ2n) is 23.3. The Bertz CT molecular complexity index is 4270. The van der Waals surface area contributed by atoms with Gasteiger partial charge in [-0.05, 0) is 105 Å². The number of carbonyl (C=O) groups excluding carboxylic acids is 2. The number of aromatic nitrogens is 5. The molecule has 19 nitrogen and oxygen atoms in total. The molecule has 32 heteroatoms. The molecule has 2 fully saturated rings. The Morgan fingerprint density at radius 1 is 0.885 bits per heavy atom. The number of sulfone groups is 1. The molecule has 0 saturated heterocycles. The van der Waals surface area contributed by atoms with Crippen molar-refractivity contribution < 1.29 is 99.1 Å². The molecule has 9 rings (SSSR count). The molecule has 466 valence electrons. The Hall–Kier alpha value is -7.39. The number of halogens is 10. The molecule has 3 aliphatic rings. The zero-order chi connectivity index (χ0) is 64.7. The molecule has 87 heavy (non-hydrogen) atoms. The predicted molar refractivity (Wildman–Crippen MR) is 290 cm³/mol. The summed E-state index contributed by atoms with van der Waals surface area (Å²) in [6.45, 7) is 4.29. The SMILES string of the molecule is Cc1cc(CC(=O)O)c(C(C)(C)CC(=O)N(c2nn(CC(F)(F)F)c3c(-c4ccc(C#CC(C)(C)S(C)(=O)=O)nc4[C@H](Cc4cc(F)cc(F)c4)NC(=O)Cn4nc(C(F)(F)F)c5c4C(F)(F)C46CC54C6)ccc(C)c23)S(C)(=O)=O)c(OP(=O)(O)O)c1. The van der Waals surface area contributed by atoms with E-state index in [1.165, 1.54) is 59.7 Å². The number of rotatable bonds is 18. The summed E-state index contributed by atoms with van der Waals surface area (Å²) < 4.78 is 221. The summed E-state index contributed by atoms with van der Waals surface area (Å²) in [7, 11) is -14.4. The number of benzene rings is 3. The van der Waals surface area contributed by atoms with Crippen molar-refractivity contribution in [3.05, 3.63) is 122 Å². The molecule has 0 radical (unpaired) electrons. The number of phosphoric ester groups is 1. The molecule has 3 aliphatic carbocycles. The number of fused-ring (bicyclic) bond motifs is 2. The van der Waals surface area contributed by atoms with Crippen LogP contribution in [0.4, 0.5) is 49.7 Å². The van der Waals surface area contributed by atoms with Crippen LogP contribution in [0.25, 0.3) is 22.0 Å². The second-order valence-corrected chi connectivity index (χ2v) is 28.8. The van der Waals surface area contributed by atoms with Gasteiger partial charge >= 0.3 is 26.1 Å². The lowest BCUT2D eigenvalue weighted by Crippen LogP contribution is -2.40. The maximum Gasteiger partial charge on any atom is 0.524 e. The van der Waals surface area contributed by atoms with E-state index in [2.05, 4.69) is 32.3 Å². The van der Waals surface area contributed by atoms with Crippen LogP contribution in [-0.4, -0.2) is 97.5 Å². The maximum atomic E-state index is 16.2. The van der Waals surface area contributed by atoms with Crippen molar-refractivity contribution in [2.45, 2.75) is 127 Å². The normalized spacial score (nSPS) is 18.5. The van der Waals surface area contributed by atoms with Crippen molar-refractivity contribution in [1.29, 1.82) is 0 Å². The van der Waals surface area contributed by atoms with E-state index in [4.69, 9.17) is 4.52 Å². The fraction of sp³-hybridized carbons (Fsp3) is 0.418. The first-order valence-electron chi connectivity index (χ1n) is 26.0. The number of aryl methyl sites for hydroxylation is 2. The molecule has 0 spiro atoms. The fourth-order valence-corrected chi connectivity index (χ4v) is 13.2. The number of nitrogens with one attached hydrogen (secondary N) is 1. The van der Waals surface area contributed by atoms with Gasteiger partial charge in [-0.25, -0.2) is 35.2 Å². The lowest BCUT2D eigenvalue weighted by Gasteiger charge is -2.31. The van der Waals surface area contributed by atoms with Gasteiger partial charge in [0.2, 0.25) is 21.8 Å². The molecule has 3 heterocycles. The number of pyridine rings is 1. The van der Waals surface area contributed by atoms with Crippen LogP contribution >= 0.6 is 7.82 Å². The predicted octanol–water partition coefficient (Wildman–Crippen LogP) is 8.94. The van der Waals surface area contributed by atoms with E-state index in [0.717, 1.165) is 36.6 Å². The highest BCUT2D eigenvalue weighted by atomic mass is 32.2. The van der Waals surface area contributed by atoms with Crippen LogP contribution in [0.1, 0.15) is 109 Å². The first kappa shape index (κ1) is 64.1. The van der Waals surface area contributed by atoms with Crippen LogP contribution in [0.15, 0.2) is 54.6 Å². The number of sulfonamides is 1. The number of anilines is 1. The Morgan fingerprint density at radius 3 is 2.07 bits per heavy atom. The molecule has 2 saturated carbocycles. The highest BCUT2D eigenvalue weighted by molar-refractivity contribution is 7.93. The number of phosphoric acid groups is 1. The summed E-state index contributed by atoms with van der Waals surface area (Å²) in [5, 5.41) is 19.4. The molecular weight excluding hydrogens is 1240 g/mol. The van der Waals surface area contributed by atoms with E-state index < -0.39 is 180 Å². The molecule has 0 bridgehead atoms. The zero-order valence-corrected chi connectivity index (χ0v) is 49.5. The van der Waals surface area contributed by atoms with Crippen molar-refractivity contribution in [1.82, 2.24) is 29.9 Å². The molecular formula is C55H52F10N7O12PS2. The standard InChI is InChI=1S/C55H52F10N7O12PS2/c1-27-15-30(20-40(75)76)42(37(16-27)84-85(77,78)79)49(3,4)22-39(74)72(87(8,82)83)48-41-28(2)9-11-35(45(41)71(69-48)26-53(58,59)60)34-12-10-33(13-14-50(5,6)86(7,80)81)66-44(34)36(19-29-17-31(56)21-32(57)18-29)67-38(73)23-70-47-43(46(68-70)55(63,64)65)51-24-52(51,25-51)54(47,61)62/h9-12,15-18,21,36H,19-20,22-26H2,1-8H3,(H,67,73)(H,75,76)(H2,77,78,79)/t36-,51?,52?/m0/s1. The maximum absolute atomic E-state index is 16.2. The Labute approximate surface area is 489 Å². The van der Waals surface area contributed by atoms with Crippen LogP contribution in [0.3, 0.4) is 0 Å². The van der Waals surface area contributed by atoms with Crippen LogP contribution in [0.5, 0.6) is 5.75 Å². The van der Waals surface area contributed by atoms with Crippen LogP contribution in [0.2, 0.25) is 0 Å². The fourth-order valence-electron chi connectivity index (χ4n) is 11.7. The minimum atomic E-state index is -5.44. The number of nitrogens with zero attached hydrogens (tertiary/aromatic N) is 6. The molecule has 6 aromatic rings. The Balaban J connectivity index is 1.25. The van der Waals surface area contributed by atoms with E-state index in [-0.39, 0.29) is 71.1 Å². The number of aliphatic carboxylic acids is 1. The molecule has 2 amide bonds. The number of carboxylic acid groups (broad SMARTS) is 1. The number of hydrogen-bond donors (Lipinski definition) is 4. The Kier molecular flexibility index (Phi) is 15.4. The summed E-state index contributed by atoms with van der Waals surface area (Å²) in [4.78, 5) is 65.8. The monoisotopic (exact) mass is 1290 g/mol. The van der Waals surface area contributed by atoms with E-state index in [1.807, 2.05) is 0 Å². The lowest BCUT2D eigenvalue weighted by molar-refractivity contribution is -0.143. The smallest absolute Gasteiger partial charge is 0.481 e. The van der Waals surface area contributed by atoms with Gasteiger partial charge in [0.1, 0.15) is 46.6 Å². The summed E-state index contributed by atoms with van der Waals surface area (Å²) in [5.74, 6) is -6.96. The van der Waals surface area contributed by atoms with Gasteiger partial charge < -0.3 is 14.9 Å². The topological polar surface area (TPSA) is 270 Å². The van der Waals surface area contributed by atoms with Gasteiger partial charge in [-0.2, -0.15) is 49.6 Å². The number of carbonyl (C=O) groups is 3. The summed E-state index contributed by atoms with van der Waals surface area (Å²) in [5.41, 5.74) is -11.5. The number of carboxylic acids is 1. The van der Waals surface area contributed by atoms with Gasteiger partial charge in [0.05, 0.1) is 35.3 Å². The summed E-state index contributed by atoms with van der Waals surface area (Å²) in [6, 6.07) is 7.30. The highest BCUT2D eigenvalue weighted by Gasteiger charge is 2.98. The third-order valence-corrected chi connectivity index (χ3v) is 19.2. The molecule has 0 aliphatic heterocycles. The average Bonchev–Trinajstić information content (AvgIpc) is 1.40. The van der Waals surface area contributed by atoms with Gasteiger partial charge in [0.15, 0.2) is 21.3 Å². The van der Waals surface area contributed by atoms with Gasteiger partial charge in [-0.1, -0.05) is 38.0 Å². The third-order valence-electron chi connectivity index (χ3n) is 15.7. The largest absolute Gasteiger partial charge is 0.524 e. The van der Waals surface area contributed by atoms with Crippen LogP contribution in [-0.2, 0) is 87.7 Å². The van der Waals surface area contributed by atoms with Crippen molar-refractivity contribution in [3.8, 4) is 28.7 Å². The van der Waals surface area contributed by atoms with Gasteiger partial charge in [-0.15, -0.1) is 0 Å². The van der Waals surface area contributed by atoms with Crippen molar-refractivity contribution in [2.24, 2.45) is 5.41 Å². The van der Waals surface area contributed by atoms with Crippen molar-refractivity contribution in [3.63, 3.8) is 0 Å². The molecule has 1 atom stereocenters. The van der Waals surface area contributed by atoms with Gasteiger partial charge in [0, 0.05) is 57.2 Å². The van der Waals surface area contributed by atoms with E-state index in [0.29, 0.717) is 12.3 Å². The number of amides is 2. The molecule has 3 aromatic heterocycles. The number of hydrogen-bond acceptors (Lipinski definition) is 12. The third kappa shape index (κ3) is 11.9. The van der Waals surface area contributed by atoms with E-state index >= 15 is 17.6 Å². The molecule has 4 N–H and O–H groups in total. The van der Waals surface area contributed by atoms with Crippen molar-refractivity contribution >= 4 is 62.2 Å². The highest BCUT2D eigenvalue weighted by Crippen LogP contribution is 2.97. The van der Waals surface area contributed by atoms with E-state index in [9.17, 15) is 77.0 Å². The van der Waals surface area contributed by atoms with Crippen LogP contribution in [0, 0.1) is 42.7 Å². The zero-order valence-electron chi connectivity index (χ0n) is 47.0. The van der Waals surface area contributed by atoms with Crippen molar-refractivity contribution in [2.75, 3.05) is 16.8 Å². The first-order chi connectivity index (χ1) is 39.7. The minimum Gasteiger partial charge on any atom is -0.481 e. The quantitative estimate of drug-likeness (QED) is 0.0355. The molecule has 3 aromatic carbocycles. The Morgan fingerprint density at radius 2 is 1.51 bits per heavy atom. The average molecular weight is 1290 g/mol. The van der Waals surface area contributed by atoms with E-state index in [1.54, 1.807) is 0 Å². The summed E-state index contributed by atoms with van der Waals surface area (Å²) >= 11 is 0. The summed E-state index contributed by atoms with van der Waals surface area (Å²) in [6.07, 6.45) is -12.2. The van der Waals surface area contributed by atoms with Crippen LogP contribution < -0.4 is 14.1 Å². The number of alkyl halides is 8. The van der Waals surface area contributed by atoms with Gasteiger partial charge in [-0.3, -0.25) is 33.5 Å². The minimum absolute atomic E-state index is 0.0597. The molecule has 0 unspecified atom stereocenters. The lowest BCUT2D eigenvalue weighted by atomic mass is 9.77.